The maximum atomic E-state index is 14.8. The van der Waals surface area contributed by atoms with Crippen LogP contribution in [0.25, 0.3) is 0 Å². The Kier molecular flexibility index (Phi) is 7.84. The fourth-order valence-electron chi connectivity index (χ4n) is 7.08. The second kappa shape index (κ2) is 12.1. The molecule has 1 saturated carbocycles. The second-order valence-corrected chi connectivity index (χ2v) is 13.4. The quantitative estimate of drug-likeness (QED) is 0.225. The lowest BCUT2D eigenvalue weighted by molar-refractivity contribution is -0.0531. The molecule has 44 heavy (non-hydrogen) atoms. The van der Waals surface area contributed by atoms with Crippen LogP contribution in [0.15, 0.2) is 109 Å². The zero-order valence-electron chi connectivity index (χ0n) is 25.0. The highest BCUT2D eigenvalue weighted by Crippen LogP contribution is 2.56. The van der Waals surface area contributed by atoms with E-state index in [0.29, 0.717) is 22.6 Å². The van der Waals surface area contributed by atoms with Gasteiger partial charge in [-0.05, 0) is 63.3 Å². The van der Waals surface area contributed by atoms with E-state index in [1.165, 1.54) is 0 Å². The summed E-state index contributed by atoms with van der Waals surface area (Å²) in [6.45, 7) is 0. The Balaban J connectivity index is 1.52. The van der Waals surface area contributed by atoms with Gasteiger partial charge in [-0.25, -0.2) is 4.67 Å². The molecule has 0 aromatic heterocycles. The molecule has 7 nitrogen and oxygen atoms in total. The van der Waals surface area contributed by atoms with Gasteiger partial charge in [-0.15, -0.1) is 0 Å². The van der Waals surface area contributed by atoms with Gasteiger partial charge >= 0.3 is 8.53 Å². The van der Waals surface area contributed by atoms with E-state index in [-0.39, 0.29) is 23.9 Å². The zero-order valence-corrected chi connectivity index (χ0v) is 25.8. The number of nitrogens with zero attached hydrogens (tertiary/aromatic N) is 3. The van der Waals surface area contributed by atoms with Gasteiger partial charge < -0.3 is 18.8 Å². The first-order chi connectivity index (χ1) is 21.5. The van der Waals surface area contributed by atoms with Crippen molar-refractivity contribution in [3.8, 4) is 11.5 Å². The minimum Gasteiger partial charge on any atom is -0.427 e. The lowest BCUT2D eigenvalue weighted by Gasteiger charge is -2.57. The van der Waals surface area contributed by atoms with Gasteiger partial charge in [0.1, 0.15) is 11.5 Å². The first-order valence-corrected chi connectivity index (χ1v) is 16.4. The molecule has 3 aliphatic rings. The van der Waals surface area contributed by atoms with E-state index in [9.17, 15) is 9.59 Å². The first-order valence-electron chi connectivity index (χ1n) is 15.3. The third kappa shape index (κ3) is 5.04. The molecule has 2 amide bonds. The Morgan fingerprint density at radius 3 is 1.41 bits per heavy atom. The molecule has 4 aromatic carbocycles. The van der Waals surface area contributed by atoms with Crippen LogP contribution in [0, 0.1) is 0 Å². The van der Waals surface area contributed by atoms with Gasteiger partial charge in [-0.3, -0.25) is 9.59 Å². The van der Waals surface area contributed by atoms with E-state index in [1.807, 2.05) is 128 Å². The van der Waals surface area contributed by atoms with Gasteiger partial charge in [0.05, 0.1) is 24.2 Å². The topological polar surface area (TPSA) is 62.3 Å². The molecule has 4 aromatic rings. The summed E-state index contributed by atoms with van der Waals surface area (Å²) in [6, 6.07) is 33.5. The molecule has 0 unspecified atom stereocenters. The number of benzene rings is 4. The van der Waals surface area contributed by atoms with Crippen molar-refractivity contribution in [2.24, 2.45) is 0 Å². The fourth-order valence-corrected chi connectivity index (χ4v) is 8.11. The van der Waals surface area contributed by atoms with Gasteiger partial charge in [0, 0.05) is 22.3 Å². The highest BCUT2D eigenvalue weighted by Gasteiger charge is 2.54. The molecule has 7 rings (SSSR count). The van der Waals surface area contributed by atoms with E-state index < -0.39 is 20.6 Å². The largest absolute Gasteiger partial charge is 0.427 e. The standard InChI is InChI=1S/C36H36N3O4P/c1-37(2)44-42-31-23-13-9-19-27(31)33-34(28-20-10-14-24-32(28)43-44)39(36(41)26-17-7-4-8-18-26)30-22-12-11-21-29(30)38(33)35(40)25-15-5-3-6-16-25/h3-10,13-20,23-24,29-30,33-34H,11-12,21-22H2,1-2H3/t29-,30-,33+,34+/m1/s1. The summed E-state index contributed by atoms with van der Waals surface area (Å²) < 4.78 is 15.3. The van der Waals surface area contributed by atoms with Gasteiger partial charge in [-0.1, -0.05) is 85.6 Å². The number of hydrogen-bond acceptors (Lipinski definition) is 5. The molecule has 8 heteroatoms. The third-order valence-electron chi connectivity index (χ3n) is 8.97. The summed E-state index contributed by atoms with van der Waals surface area (Å²) >= 11 is 0. The summed E-state index contributed by atoms with van der Waals surface area (Å²) in [5, 5.41) is 0. The van der Waals surface area contributed by atoms with Crippen molar-refractivity contribution in [3.05, 3.63) is 131 Å². The molecule has 0 N–H and O–H groups in total. The molecule has 224 valence electrons. The Bertz CT molecular complexity index is 1530. The predicted molar refractivity (Wildman–Crippen MR) is 171 cm³/mol. The van der Waals surface area contributed by atoms with Gasteiger partial charge in [0.15, 0.2) is 0 Å². The van der Waals surface area contributed by atoms with Crippen LogP contribution in [0.5, 0.6) is 11.5 Å². The molecule has 4 atom stereocenters. The normalized spacial score (nSPS) is 23.0. The maximum Gasteiger partial charge on any atom is 0.384 e. The number of hydrogen-bond donors (Lipinski definition) is 0. The van der Waals surface area contributed by atoms with Crippen molar-refractivity contribution in [1.82, 2.24) is 14.5 Å². The summed E-state index contributed by atoms with van der Waals surface area (Å²) in [5.74, 6) is 1.24. The van der Waals surface area contributed by atoms with E-state index in [0.717, 1.165) is 36.8 Å². The number of amides is 2. The number of rotatable bonds is 3. The van der Waals surface area contributed by atoms with E-state index in [1.54, 1.807) is 0 Å². The summed E-state index contributed by atoms with van der Waals surface area (Å²) in [5.41, 5.74) is 3.01. The molecule has 1 aliphatic carbocycles. The average Bonchev–Trinajstić information content (AvgIpc) is 3.13. The van der Waals surface area contributed by atoms with Crippen LogP contribution in [0.1, 0.15) is 69.6 Å². The Morgan fingerprint density at radius 2 is 1.00 bits per heavy atom. The van der Waals surface area contributed by atoms with Crippen molar-refractivity contribution in [1.29, 1.82) is 0 Å². The minimum atomic E-state index is -1.53. The number of fused-ring (bicyclic) bond motifs is 6. The molecule has 0 radical (unpaired) electrons. The van der Waals surface area contributed by atoms with Gasteiger partial charge in [-0.2, -0.15) is 0 Å². The lowest BCUT2D eigenvalue weighted by Crippen LogP contribution is -2.65. The molecular weight excluding hydrogens is 569 g/mol. The lowest BCUT2D eigenvalue weighted by atomic mass is 9.77. The van der Waals surface area contributed by atoms with Crippen LogP contribution in [0.2, 0.25) is 0 Å². The van der Waals surface area contributed by atoms with Crippen LogP contribution in [0.4, 0.5) is 0 Å². The monoisotopic (exact) mass is 605 g/mol. The molecule has 2 aliphatic heterocycles. The number of carbonyl (C=O) groups is 2. The summed E-state index contributed by atoms with van der Waals surface area (Å²) in [7, 11) is 2.35. The zero-order chi connectivity index (χ0) is 30.2. The third-order valence-corrected chi connectivity index (χ3v) is 10.3. The van der Waals surface area contributed by atoms with E-state index in [4.69, 9.17) is 9.05 Å². The Morgan fingerprint density at radius 1 is 0.614 bits per heavy atom. The van der Waals surface area contributed by atoms with E-state index in [2.05, 4.69) is 9.80 Å². The van der Waals surface area contributed by atoms with Crippen LogP contribution in [-0.2, 0) is 0 Å². The number of para-hydroxylation sites is 2. The molecule has 0 spiro atoms. The first kappa shape index (κ1) is 28.6. The predicted octanol–water partition coefficient (Wildman–Crippen LogP) is 7.64. The molecular formula is C36H36N3O4P. The summed E-state index contributed by atoms with van der Waals surface area (Å²) in [4.78, 5) is 33.7. The van der Waals surface area contributed by atoms with Crippen LogP contribution in [0.3, 0.4) is 0 Å². The number of piperazine rings is 1. The van der Waals surface area contributed by atoms with E-state index >= 15 is 0 Å². The second-order valence-electron chi connectivity index (χ2n) is 11.8. The van der Waals surface area contributed by atoms with Gasteiger partial charge in [0.2, 0.25) is 0 Å². The summed E-state index contributed by atoms with van der Waals surface area (Å²) in [6.07, 6.45) is 3.62. The van der Waals surface area contributed by atoms with Crippen LogP contribution in [-0.4, -0.2) is 52.5 Å². The smallest absolute Gasteiger partial charge is 0.384 e. The van der Waals surface area contributed by atoms with Crippen molar-refractivity contribution >= 4 is 20.3 Å². The van der Waals surface area contributed by atoms with Crippen LogP contribution >= 0.6 is 8.53 Å². The SMILES string of the molecule is CN(C)P1Oc2ccccc2[C@H]2[C@H](c3ccccc3O1)N(C(=O)c1ccccc1)[C@@H]1CCCC[C@H]1N2C(=O)c1ccccc1. The van der Waals surface area contributed by atoms with Crippen molar-refractivity contribution < 1.29 is 18.6 Å². The molecule has 2 heterocycles. The molecule has 0 bridgehead atoms. The van der Waals surface area contributed by atoms with Crippen molar-refractivity contribution in [2.45, 2.75) is 49.9 Å². The van der Waals surface area contributed by atoms with Crippen molar-refractivity contribution in [2.75, 3.05) is 14.1 Å². The van der Waals surface area contributed by atoms with Gasteiger partial charge in [0.25, 0.3) is 11.8 Å². The highest BCUT2D eigenvalue weighted by molar-refractivity contribution is 7.45. The average molecular weight is 606 g/mol. The minimum absolute atomic E-state index is 0.0355. The number of carbonyl (C=O) groups excluding carboxylic acids is 2. The fraction of sp³-hybridized carbons (Fsp3) is 0.278. The van der Waals surface area contributed by atoms with Crippen LogP contribution < -0.4 is 9.05 Å². The Hall–Kier alpha value is -4.19. The highest BCUT2D eigenvalue weighted by atomic mass is 31.2. The van der Waals surface area contributed by atoms with Crippen molar-refractivity contribution in [3.63, 3.8) is 0 Å². The Labute approximate surface area is 260 Å². The molecule has 1 saturated heterocycles. The maximum absolute atomic E-state index is 14.8. The molecule has 2 fully saturated rings.